The molecule has 0 unspecified atom stereocenters. The topological polar surface area (TPSA) is 17.8 Å². The van der Waals surface area contributed by atoms with Crippen LogP contribution in [-0.2, 0) is 6.54 Å². The van der Waals surface area contributed by atoms with Crippen LogP contribution in [0.15, 0.2) is 19.0 Å². The maximum atomic E-state index is 4.38. The molecule has 1 rings (SSSR count). The van der Waals surface area contributed by atoms with Gasteiger partial charge in [-0.05, 0) is 24.3 Å². The number of unbranched alkanes of at least 4 members (excludes halogenated alkanes) is 6. The summed E-state index contributed by atoms with van der Waals surface area (Å²) in [5.74, 6) is 1.01. The molecule has 1 heterocycles. The molecule has 0 atom stereocenters. The molecule has 0 aliphatic carbocycles. The summed E-state index contributed by atoms with van der Waals surface area (Å²) in [5.41, 5.74) is 0.389. The third-order valence-electron chi connectivity index (χ3n) is 4.75. The predicted octanol–water partition coefficient (Wildman–Crippen LogP) is 6.47. The van der Waals surface area contributed by atoms with E-state index >= 15 is 0 Å². The van der Waals surface area contributed by atoms with E-state index in [9.17, 15) is 0 Å². The van der Waals surface area contributed by atoms with Crippen LogP contribution >= 0.6 is 0 Å². The fraction of sp³-hybridized carbons (Fsp3) is 0.750. The molecule has 2 nitrogen and oxygen atoms in total. The van der Waals surface area contributed by atoms with Gasteiger partial charge in [0.1, 0.15) is 5.82 Å². The molecule has 0 radical (unpaired) electrons. The van der Waals surface area contributed by atoms with Crippen molar-refractivity contribution >= 4 is 6.08 Å². The van der Waals surface area contributed by atoms with Crippen LogP contribution in [0, 0.1) is 5.41 Å². The average molecular weight is 305 g/mol. The summed E-state index contributed by atoms with van der Waals surface area (Å²) in [6.45, 7) is 12.0. The lowest BCUT2D eigenvalue weighted by molar-refractivity contribution is 0.212. The highest BCUT2D eigenvalue weighted by atomic mass is 15.1. The Hall–Kier alpha value is -1.05. The molecule has 2 heteroatoms. The zero-order valence-corrected chi connectivity index (χ0v) is 15.1. The molecule has 0 spiro atoms. The van der Waals surface area contributed by atoms with E-state index in [4.69, 9.17) is 0 Å². The average Bonchev–Trinajstić information content (AvgIpc) is 2.95. The Labute approximate surface area is 138 Å². The van der Waals surface area contributed by atoms with Crippen molar-refractivity contribution in [2.24, 2.45) is 5.41 Å². The van der Waals surface area contributed by atoms with Crippen molar-refractivity contribution < 1.29 is 0 Å². The van der Waals surface area contributed by atoms with E-state index in [1.165, 1.54) is 64.2 Å². The molecule has 0 aromatic carbocycles. The Bertz CT molecular complexity index is 394. The lowest BCUT2D eigenvalue weighted by Crippen LogP contribution is -2.24. The first-order valence-corrected chi connectivity index (χ1v) is 9.28. The highest BCUT2D eigenvalue weighted by Gasteiger charge is 2.24. The first-order chi connectivity index (χ1) is 10.6. The van der Waals surface area contributed by atoms with Gasteiger partial charge in [-0.3, -0.25) is 0 Å². The fourth-order valence-corrected chi connectivity index (χ4v) is 3.30. The molecule has 0 amide bonds. The van der Waals surface area contributed by atoms with E-state index in [-0.39, 0.29) is 0 Å². The Balaban J connectivity index is 2.60. The minimum Gasteiger partial charge on any atom is -0.331 e. The number of rotatable bonds is 13. The van der Waals surface area contributed by atoms with Crippen LogP contribution in [0.2, 0.25) is 0 Å². The number of hydrogen-bond donors (Lipinski definition) is 0. The molecule has 1 aromatic rings. The summed E-state index contributed by atoms with van der Waals surface area (Å²) >= 11 is 0. The van der Waals surface area contributed by atoms with Crippen molar-refractivity contribution in [2.45, 2.75) is 91.5 Å². The van der Waals surface area contributed by atoms with Gasteiger partial charge in [-0.15, -0.1) is 0 Å². The monoisotopic (exact) mass is 304 g/mol. The van der Waals surface area contributed by atoms with Crippen LogP contribution in [0.1, 0.15) is 90.8 Å². The molecular weight excluding hydrogens is 268 g/mol. The minimum absolute atomic E-state index is 0.389. The Morgan fingerprint density at radius 3 is 2.14 bits per heavy atom. The van der Waals surface area contributed by atoms with Crippen LogP contribution in [0.25, 0.3) is 6.08 Å². The highest BCUT2D eigenvalue weighted by molar-refractivity contribution is 5.36. The van der Waals surface area contributed by atoms with Crippen molar-refractivity contribution in [1.29, 1.82) is 0 Å². The smallest absolute Gasteiger partial charge is 0.131 e. The SMILES string of the molecule is C=Cc1nccn1CC(C)(CCCCCC)CCCCCC. The van der Waals surface area contributed by atoms with Gasteiger partial charge in [-0.1, -0.05) is 78.7 Å². The van der Waals surface area contributed by atoms with Crippen LogP contribution in [0.3, 0.4) is 0 Å². The molecule has 126 valence electrons. The number of aromatic nitrogens is 2. The molecule has 0 aliphatic rings. The van der Waals surface area contributed by atoms with Gasteiger partial charge in [0.05, 0.1) is 0 Å². The number of imidazole rings is 1. The first kappa shape index (κ1) is 19.0. The summed E-state index contributed by atoms with van der Waals surface area (Å²) in [6, 6.07) is 0. The molecular formula is C20H36N2. The maximum absolute atomic E-state index is 4.38. The van der Waals surface area contributed by atoms with Crippen LogP contribution in [0.4, 0.5) is 0 Å². The number of nitrogens with zero attached hydrogens (tertiary/aromatic N) is 2. The van der Waals surface area contributed by atoms with Gasteiger partial charge in [0.2, 0.25) is 0 Å². The molecule has 0 N–H and O–H groups in total. The zero-order valence-electron chi connectivity index (χ0n) is 15.1. The van der Waals surface area contributed by atoms with Crippen molar-refractivity contribution in [1.82, 2.24) is 9.55 Å². The zero-order chi connectivity index (χ0) is 16.3. The van der Waals surface area contributed by atoms with Crippen LogP contribution in [0.5, 0.6) is 0 Å². The van der Waals surface area contributed by atoms with Gasteiger partial charge >= 0.3 is 0 Å². The lowest BCUT2D eigenvalue weighted by Gasteiger charge is -2.31. The second kappa shape index (κ2) is 10.6. The fourth-order valence-electron chi connectivity index (χ4n) is 3.30. The van der Waals surface area contributed by atoms with Gasteiger partial charge in [-0.25, -0.2) is 4.98 Å². The highest BCUT2D eigenvalue weighted by Crippen LogP contribution is 2.33. The summed E-state index contributed by atoms with van der Waals surface area (Å²) < 4.78 is 2.28. The van der Waals surface area contributed by atoms with E-state index in [0.29, 0.717) is 5.41 Å². The van der Waals surface area contributed by atoms with Crippen molar-refractivity contribution in [3.63, 3.8) is 0 Å². The van der Waals surface area contributed by atoms with Crippen LogP contribution in [-0.4, -0.2) is 9.55 Å². The van der Waals surface area contributed by atoms with Gasteiger partial charge in [0.15, 0.2) is 0 Å². The Morgan fingerprint density at radius 2 is 1.64 bits per heavy atom. The van der Waals surface area contributed by atoms with E-state index in [2.05, 4.69) is 43.1 Å². The van der Waals surface area contributed by atoms with Gasteiger partial charge < -0.3 is 4.57 Å². The van der Waals surface area contributed by atoms with E-state index in [0.717, 1.165) is 12.4 Å². The summed E-state index contributed by atoms with van der Waals surface area (Å²) in [7, 11) is 0. The van der Waals surface area contributed by atoms with E-state index < -0.39 is 0 Å². The van der Waals surface area contributed by atoms with E-state index in [1.807, 2.05) is 12.3 Å². The second-order valence-electron chi connectivity index (χ2n) is 7.05. The molecule has 1 aromatic heterocycles. The lowest BCUT2D eigenvalue weighted by atomic mass is 9.79. The normalized spacial score (nSPS) is 11.8. The van der Waals surface area contributed by atoms with Gasteiger partial charge in [-0.2, -0.15) is 0 Å². The van der Waals surface area contributed by atoms with Crippen LogP contribution < -0.4 is 0 Å². The second-order valence-corrected chi connectivity index (χ2v) is 7.05. The quantitative estimate of drug-likeness (QED) is 0.382. The predicted molar refractivity (Wildman–Crippen MR) is 97.9 cm³/mol. The molecule has 22 heavy (non-hydrogen) atoms. The summed E-state index contributed by atoms with van der Waals surface area (Å²) in [5, 5.41) is 0. The molecule has 0 saturated heterocycles. The number of hydrogen-bond acceptors (Lipinski definition) is 1. The summed E-state index contributed by atoms with van der Waals surface area (Å²) in [6.07, 6.45) is 19.4. The maximum Gasteiger partial charge on any atom is 0.131 e. The Morgan fingerprint density at radius 1 is 1.05 bits per heavy atom. The van der Waals surface area contributed by atoms with Crippen molar-refractivity contribution in [2.75, 3.05) is 0 Å². The molecule has 0 aliphatic heterocycles. The molecule has 0 fully saturated rings. The minimum atomic E-state index is 0.389. The third kappa shape index (κ3) is 6.81. The Kier molecular flexibility index (Phi) is 9.19. The standard InChI is InChI=1S/C20H36N2/c1-5-8-10-12-14-20(4,15-13-11-9-6-2)18-22-17-16-21-19(22)7-3/h7,16-17H,3,5-6,8-15,18H2,1-2,4H3. The van der Waals surface area contributed by atoms with E-state index in [1.54, 1.807) is 0 Å². The van der Waals surface area contributed by atoms with Crippen molar-refractivity contribution in [3.05, 3.63) is 24.8 Å². The van der Waals surface area contributed by atoms with Crippen molar-refractivity contribution in [3.8, 4) is 0 Å². The molecule has 0 bridgehead atoms. The van der Waals surface area contributed by atoms with Gasteiger partial charge in [0, 0.05) is 18.9 Å². The van der Waals surface area contributed by atoms with Gasteiger partial charge in [0.25, 0.3) is 0 Å². The third-order valence-corrected chi connectivity index (χ3v) is 4.75. The molecule has 0 saturated carbocycles. The largest absolute Gasteiger partial charge is 0.331 e. The summed E-state index contributed by atoms with van der Waals surface area (Å²) in [4.78, 5) is 4.38. The first-order valence-electron chi connectivity index (χ1n) is 9.28.